The molecule has 0 aliphatic rings. The van der Waals surface area contributed by atoms with Crippen LogP contribution < -0.4 is 9.64 Å². The maximum atomic E-state index is 10.3. The van der Waals surface area contributed by atoms with E-state index in [-0.39, 0.29) is 6.42 Å². The summed E-state index contributed by atoms with van der Waals surface area (Å²) in [5.74, 6) is 0.133. The minimum absolute atomic E-state index is 0.248. The summed E-state index contributed by atoms with van der Waals surface area (Å²) in [6.45, 7) is 0.640. The van der Waals surface area contributed by atoms with Gasteiger partial charge in [-0.15, -0.1) is 0 Å². The van der Waals surface area contributed by atoms with Crippen molar-refractivity contribution in [1.29, 1.82) is 0 Å². The first-order valence-corrected chi connectivity index (χ1v) is 6.21. The monoisotopic (exact) mass is 251 g/mol. The third kappa shape index (κ3) is 5.57. The Kier molecular flexibility index (Phi) is 6.05. The quantitative estimate of drug-likeness (QED) is 0.722. The summed E-state index contributed by atoms with van der Waals surface area (Å²) in [4.78, 5) is 12.3. The zero-order valence-corrected chi connectivity index (χ0v) is 11.1. The molecule has 0 saturated heterocycles. The highest BCUT2D eigenvalue weighted by Gasteiger charge is 1.98. The van der Waals surface area contributed by atoms with Crippen molar-refractivity contribution in [3.8, 4) is 5.75 Å². The SMILES string of the molecule is CN(C)c1ccc(OCCCCCC(=O)O)cc1. The zero-order chi connectivity index (χ0) is 13.4. The highest BCUT2D eigenvalue weighted by atomic mass is 16.5. The van der Waals surface area contributed by atoms with E-state index in [9.17, 15) is 4.79 Å². The lowest BCUT2D eigenvalue weighted by atomic mass is 10.2. The van der Waals surface area contributed by atoms with Gasteiger partial charge in [0.15, 0.2) is 0 Å². The fraction of sp³-hybridized carbons (Fsp3) is 0.500. The van der Waals surface area contributed by atoms with Crippen LogP contribution in [0.2, 0.25) is 0 Å². The number of carbonyl (C=O) groups is 1. The van der Waals surface area contributed by atoms with Crippen LogP contribution in [0, 0.1) is 0 Å². The van der Waals surface area contributed by atoms with Gasteiger partial charge in [0.2, 0.25) is 0 Å². The van der Waals surface area contributed by atoms with Crippen LogP contribution in [-0.2, 0) is 4.79 Å². The smallest absolute Gasteiger partial charge is 0.303 e. The van der Waals surface area contributed by atoms with E-state index in [2.05, 4.69) is 0 Å². The van der Waals surface area contributed by atoms with Crippen molar-refractivity contribution in [1.82, 2.24) is 0 Å². The third-order valence-electron chi connectivity index (χ3n) is 2.66. The minimum Gasteiger partial charge on any atom is -0.494 e. The molecular formula is C14H21NO3. The first kappa shape index (κ1) is 14.4. The molecule has 0 fully saturated rings. The van der Waals surface area contributed by atoms with Gasteiger partial charge in [0.1, 0.15) is 5.75 Å². The Labute approximate surface area is 108 Å². The molecule has 0 atom stereocenters. The highest BCUT2D eigenvalue weighted by molar-refractivity contribution is 5.66. The van der Waals surface area contributed by atoms with Gasteiger partial charge in [-0.3, -0.25) is 4.79 Å². The molecule has 1 aromatic carbocycles. The Morgan fingerprint density at radius 1 is 1.17 bits per heavy atom. The number of ether oxygens (including phenoxy) is 1. The second-order valence-corrected chi connectivity index (χ2v) is 4.44. The van der Waals surface area contributed by atoms with Crippen LogP contribution in [0.3, 0.4) is 0 Å². The van der Waals surface area contributed by atoms with Crippen LogP contribution in [0.4, 0.5) is 5.69 Å². The van der Waals surface area contributed by atoms with Gasteiger partial charge in [-0.2, -0.15) is 0 Å². The summed E-state index contributed by atoms with van der Waals surface area (Å²) < 4.78 is 5.58. The number of aliphatic carboxylic acids is 1. The van der Waals surface area contributed by atoms with Gasteiger partial charge in [0.05, 0.1) is 6.61 Å². The number of nitrogens with zero attached hydrogens (tertiary/aromatic N) is 1. The molecule has 0 spiro atoms. The first-order valence-electron chi connectivity index (χ1n) is 6.21. The number of anilines is 1. The third-order valence-corrected chi connectivity index (χ3v) is 2.66. The van der Waals surface area contributed by atoms with Crippen molar-refractivity contribution in [3.63, 3.8) is 0 Å². The number of benzene rings is 1. The Morgan fingerprint density at radius 3 is 2.39 bits per heavy atom. The van der Waals surface area contributed by atoms with Crippen molar-refractivity contribution < 1.29 is 14.6 Å². The van der Waals surface area contributed by atoms with Crippen LogP contribution in [0.15, 0.2) is 24.3 Å². The Balaban J connectivity index is 2.17. The molecule has 0 aliphatic carbocycles. The highest BCUT2D eigenvalue weighted by Crippen LogP contribution is 2.17. The molecular weight excluding hydrogens is 230 g/mol. The van der Waals surface area contributed by atoms with Crippen molar-refractivity contribution in [3.05, 3.63) is 24.3 Å². The molecule has 0 heterocycles. The molecule has 4 nitrogen and oxygen atoms in total. The maximum Gasteiger partial charge on any atom is 0.303 e. The minimum atomic E-state index is -0.727. The topological polar surface area (TPSA) is 49.8 Å². The fourth-order valence-corrected chi connectivity index (χ4v) is 1.59. The molecule has 0 aliphatic heterocycles. The lowest BCUT2D eigenvalue weighted by Crippen LogP contribution is -2.08. The molecule has 0 aromatic heterocycles. The molecule has 1 N–H and O–H groups in total. The van der Waals surface area contributed by atoms with E-state index in [0.29, 0.717) is 6.61 Å². The van der Waals surface area contributed by atoms with Crippen LogP contribution >= 0.6 is 0 Å². The molecule has 0 amide bonds. The Hall–Kier alpha value is -1.71. The number of carboxylic acids is 1. The molecule has 1 aromatic rings. The van der Waals surface area contributed by atoms with E-state index in [4.69, 9.17) is 9.84 Å². The molecule has 0 radical (unpaired) electrons. The van der Waals surface area contributed by atoms with Gasteiger partial charge < -0.3 is 14.7 Å². The predicted molar refractivity (Wildman–Crippen MR) is 72.4 cm³/mol. The molecule has 4 heteroatoms. The summed E-state index contributed by atoms with van der Waals surface area (Å²) in [6.07, 6.45) is 2.75. The number of carboxylic acid groups (broad SMARTS) is 1. The lowest BCUT2D eigenvalue weighted by Gasteiger charge is -2.13. The largest absolute Gasteiger partial charge is 0.494 e. The predicted octanol–water partition coefficient (Wildman–Crippen LogP) is 2.78. The van der Waals surface area contributed by atoms with Crippen LogP contribution in [-0.4, -0.2) is 31.8 Å². The summed E-state index contributed by atoms with van der Waals surface area (Å²) in [5, 5.41) is 8.48. The molecule has 1 rings (SSSR count). The second kappa shape index (κ2) is 7.58. The summed E-state index contributed by atoms with van der Waals surface area (Å²) >= 11 is 0. The van der Waals surface area contributed by atoms with E-state index in [0.717, 1.165) is 30.7 Å². The van der Waals surface area contributed by atoms with Gasteiger partial charge in [0.25, 0.3) is 0 Å². The van der Waals surface area contributed by atoms with Gasteiger partial charge in [-0.05, 0) is 43.5 Å². The summed E-state index contributed by atoms with van der Waals surface area (Å²) in [5.41, 5.74) is 1.14. The fourth-order valence-electron chi connectivity index (χ4n) is 1.59. The lowest BCUT2D eigenvalue weighted by molar-refractivity contribution is -0.137. The van der Waals surface area contributed by atoms with E-state index in [1.165, 1.54) is 0 Å². The number of unbranched alkanes of at least 4 members (excludes halogenated alkanes) is 2. The van der Waals surface area contributed by atoms with E-state index >= 15 is 0 Å². The maximum absolute atomic E-state index is 10.3. The van der Waals surface area contributed by atoms with Crippen molar-refractivity contribution in [2.75, 3.05) is 25.6 Å². The molecule has 0 unspecified atom stereocenters. The zero-order valence-electron chi connectivity index (χ0n) is 11.1. The standard InChI is InChI=1S/C14H21NO3/c1-15(2)12-7-9-13(10-8-12)18-11-5-3-4-6-14(16)17/h7-10H,3-6,11H2,1-2H3,(H,16,17). The van der Waals surface area contributed by atoms with E-state index in [1.54, 1.807) is 0 Å². The van der Waals surface area contributed by atoms with Gasteiger partial charge in [-0.1, -0.05) is 0 Å². The van der Waals surface area contributed by atoms with E-state index < -0.39 is 5.97 Å². The first-order chi connectivity index (χ1) is 8.59. The molecule has 100 valence electrons. The average Bonchev–Trinajstić information content (AvgIpc) is 2.34. The van der Waals surface area contributed by atoms with Crippen molar-refractivity contribution in [2.45, 2.75) is 25.7 Å². The van der Waals surface area contributed by atoms with Crippen LogP contribution in [0.25, 0.3) is 0 Å². The molecule has 0 bridgehead atoms. The van der Waals surface area contributed by atoms with Gasteiger partial charge in [0, 0.05) is 26.2 Å². The number of hydrogen-bond acceptors (Lipinski definition) is 3. The van der Waals surface area contributed by atoms with Crippen molar-refractivity contribution in [2.24, 2.45) is 0 Å². The number of hydrogen-bond donors (Lipinski definition) is 1. The molecule has 18 heavy (non-hydrogen) atoms. The summed E-state index contributed by atoms with van der Waals surface area (Å²) in [6, 6.07) is 7.93. The normalized spacial score (nSPS) is 10.1. The second-order valence-electron chi connectivity index (χ2n) is 4.44. The molecule has 0 saturated carbocycles. The van der Waals surface area contributed by atoms with Crippen LogP contribution in [0.1, 0.15) is 25.7 Å². The van der Waals surface area contributed by atoms with E-state index in [1.807, 2.05) is 43.3 Å². The van der Waals surface area contributed by atoms with Gasteiger partial charge >= 0.3 is 5.97 Å². The Bertz CT molecular complexity index is 360. The Morgan fingerprint density at radius 2 is 1.83 bits per heavy atom. The van der Waals surface area contributed by atoms with Crippen LogP contribution in [0.5, 0.6) is 5.75 Å². The number of rotatable bonds is 8. The van der Waals surface area contributed by atoms with Gasteiger partial charge in [-0.25, -0.2) is 0 Å². The average molecular weight is 251 g/mol. The summed E-state index contributed by atoms with van der Waals surface area (Å²) in [7, 11) is 4.00. The van der Waals surface area contributed by atoms with Crippen molar-refractivity contribution >= 4 is 11.7 Å².